The Hall–Kier alpha value is -3.59. The molecule has 0 radical (unpaired) electrons. The number of anilines is 1. The van der Waals surface area contributed by atoms with Crippen molar-refractivity contribution in [2.75, 3.05) is 38.3 Å². The Balaban J connectivity index is 1.55. The number of nitrogens with two attached hydrogens (primary N) is 1. The second-order valence-corrected chi connectivity index (χ2v) is 6.47. The molecule has 3 N–H and O–H groups in total. The van der Waals surface area contributed by atoms with E-state index >= 15 is 0 Å². The van der Waals surface area contributed by atoms with E-state index in [4.69, 9.17) is 20.0 Å². The van der Waals surface area contributed by atoms with Crippen molar-refractivity contribution in [3.05, 3.63) is 58.9 Å². The largest absolute Gasteiger partial charge is 0.478 e. The van der Waals surface area contributed by atoms with Crippen LogP contribution in [0.1, 0.15) is 20.7 Å². The molecule has 0 atom stereocenters. The number of aromatic nitrogens is 1. The number of carbonyl (C=O) groups excluding carboxylic acids is 2. The number of ketones is 2. The summed E-state index contributed by atoms with van der Waals surface area (Å²) in [6.07, 6.45) is 0. The Morgan fingerprint density at radius 2 is 1.76 bits per heavy atom. The number of allylic oxidation sites excluding steroid dienone is 2. The summed E-state index contributed by atoms with van der Waals surface area (Å²) in [5.74, 6) is 0.363. The highest BCUT2D eigenvalue weighted by Crippen LogP contribution is 2.29. The molecule has 29 heavy (non-hydrogen) atoms. The zero-order valence-corrected chi connectivity index (χ0v) is 15.8. The molecule has 0 unspecified atom stereocenters. The standard InChI is InChI=1S/C20H20N4O5/c1-27-20-14(6-7-15(22-20)24-8-10-28-11-9-24)29-23-17-16(21)18(25)12-4-2-3-5-13(12)19(17)26/h2-7,23H,8-11,21H2,1H3. The van der Waals surface area contributed by atoms with E-state index in [1.807, 2.05) is 0 Å². The number of methoxy groups -OCH3 is 1. The Labute approximate surface area is 167 Å². The van der Waals surface area contributed by atoms with Crippen LogP contribution in [0.4, 0.5) is 5.82 Å². The molecule has 1 aliphatic carbocycles. The van der Waals surface area contributed by atoms with E-state index in [0.29, 0.717) is 13.2 Å². The molecule has 2 heterocycles. The van der Waals surface area contributed by atoms with Gasteiger partial charge in [0.1, 0.15) is 17.2 Å². The Morgan fingerprint density at radius 3 is 2.45 bits per heavy atom. The lowest BCUT2D eigenvalue weighted by molar-refractivity contribution is 0.0936. The predicted octanol–water partition coefficient (Wildman–Crippen LogP) is 1.06. The van der Waals surface area contributed by atoms with Gasteiger partial charge in [-0.3, -0.25) is 9.59 Å². The minimum Gasteiger partial charge on any atom is -0.478 e. The number of fused-ring (bicyclic) bond motifs is 1. The van der Waals surface area contributed by atoms with Gasteiger partial charge in [0.15, 0.2) is 0 Å². The molecule has 0 saturated carbocycles. The molecular weight excluding hydrogens is 376 g/mol. The lowest BCUT2D eigenvalue weighted by Crippen LogP contribution is -2.37. The summed E-state index contributed by atoms with van der Waals surface area (Å²) < 4.78 is 10.7. The van der Waals surface area contributed by atoms with Crippen LogP contribution in [0.25, 0.3) is 0 Å². The average molecular weight is 396 g/mol. The maximum absolute atomic E-state index is 12.7. The third-order valence-electron chi connectivity index (χ3n) is 4.76. The van der Waals surface area contributed by atoms with Gasteiger partial charge in [0.05, 0.1) is 20.3 Å². The molecule has 0 spiro atoms. The number of nitrogens with one attached hydrogen (secondary N) is 1. The summed E-state index contributed by atoms with van der Waals surface area (Å²) >= 11 is 0. The van der Waals surface area contributed by atoms with Crippen molar-refractivity contribution >= 4 is 17.4 Å². The molecular formula is C20H20N4O5. The Bertz CT molecular complexity index is 998. The van der Waals surface area contributed by atoms with Crippen LogP contribution < -0.4 is 25.7 Å². The topological polar surface area (TPSA) is 116 Å². The fraction of sp³-hybridized carbons (Fsp3) is 0.250. The SMILES string of the molecule is COc1nc(N2CCOCC2)ccc1ONC1=C(N)C(=O)c2ccccc2C1=O. The summed E-state index contributed by atoms with van der Waals surface area (Å²) in [5, 5.41) is 0. The highest BCUT2D eigenvalue weighted by Gasteiger charge is 2.31. The number of hydrogen-bond donors (Lipinski definition) is 2. The van der Waals surface area contributed by atoms with Gasteiger partial charge < -0.3 is 24.9 Å². The smallest absolute Gasteiger partial charge is 0.262 e. The van der Waals surface area contributed by atoms with Gasteiger partial charge in [-0.05, 0) is 12.1 Å². The van der Waals surface area contributed by atoms with E-state index in [1.54, 1.807) is 36.4 Å². The maximum Gasteiger partial charge on any atom is 0.262 e. The van der Waals surface area contributed by atoms with Crippen molar-refractivity contribution < 1.29 is 23.9 Å². The third-order valence-corrected chi connectivity index (χ3v) is 4.76. The number of Topliss-reactive ketones (excluding diaryl/α,β-unsaturated/α-hetero) is 2. The van der Waals surface area contributed by atoms with E-state index in [2.05, 4.69) is 15.4 Å². The first kappa shape index (κ1) is 18.8. The van der Waals surface area contributed by atoms with Crippen molar-refractivity contribution in [2.45, 2.75) is 0 Å². The molecule has 1 fully saturated rings. The van der Waals surface area contributed by atoms with E-state index in [9.17, 15) is 9.59 Å². The summed E-state index contributed by atoms with van der Waals surface area (Å²) in [6, 6.07) is 9.95. The monoisotopic (exact) mass is 396 g/mol. The summed E-state index contributed by atoms with van der Waals surface area (Å²) in [7, 11) is 1.47. The highest BCUT2D eigenvalue weighted by molar-refractivity contribution is 6.26. The quantitative estimate of drug-likeness (QED) is 0.716. The number of morpholine rings is 1. The molecule has 2 aromatic rings. The number of ether oxygens (including phenoxy) is 2. The number of benzene rings is 1. The van der Waals surface area contributed by atoms with E-state index < -0.39 is 11.6 Å². The molecule has 1 aromatic carbocycles. The van der Waals surface area contributed by atoms with Crippen molar-refractivity contribution in [2.24, 2.45) is 5.73 Å². The number of hydroxylamine groups is 1. The molecule has 4 rings (SSSR count). The maximum atomic E-state index is 12.7. The van der Waals surface area contributed by atoms with Crippen LogP contribution in [0.2, 0.25) is 0 Å². The Morgan fingerprint density at radius 1 is 1.07 bits per heavy atom. The predicted molar refractivity (Wildman–Crippen MR) is 104 cm³/mol. The van der Waals surface area contributed by atoms with Gasteiger partial charge in [0.25, 0.3) is 5.88 Å². The lowest BCUT2D eigenvalue weighted by atomic mass is 9.91. The van der Waals surface area contributed by atoms with Gasteiger partial charge in [0.2, 0.25) is 17.3 Å². The van der Waals surface area contributed by atoms with Crippen LogP contribution in [0.3, 0.4) is 0 Å². The normalized spacial score (nSPS) is 16.5. The molecule has 1 aliphatic heterocycles. The van der Waals surface area contributed by atoms with Crippen LogP contribution in [0.5, 0.6) is 11.6 Å². The van der Waals surface area contributed by atoms with Gasteiger partial charge in [-0.2, -0.15) is 4.98 Å². The van der Waals surface area contributed by atoms with Crippen molar-refractivity contribution in [3.63, 3.8) is 0 Å². The zero-order chi connectivity index (χ0) is 20.4. The molecule has 1 saturated heterocycles. The summed E-state index contributed by atoms with van der Waals surface area (Å²) in [5.41, 5.74) is 8.62. The molecule has 1 aromatic heterocycles. The van der Waals surface area contributed by atoms with Crippen LogP contribution in [0.15, 0.2) is 47.8 Å². The second-order valence-electron chi connectivity index (χ2n) is 6.47. The van der Waals surface area contributed by atoms with Crippen molar-refractivity contribution in [1.29, 1.82) is 0 Å². The van der Waals surface area contributed by atoms with Crippen LogP contribution in [-0.4, -0.2) is 50.0 Å². The van der Waals surface area contributed by atoms with Gasteiger partial charge in [0, 0.05) is 24.2 Å². The number of nitrogens with zero attached hydrogens (tertiary/aromatic N) is 2. The molecule has 9 heteroatoms. The number of hydrogen-bond acceptors (Lipinski definition) is 9. The molecule has 9 nitrogen and oxygen atoms in total. The van der Waals surface area contributed by atoms with E-state index in [-0.39, 0.29) is 34.2 Å². The summed E-state index contributed by atoms with van der Waals surface area (Å²) in [6.45, 7) is 2.73. The summed E-state index contributed by atoms with van der Waals surface area (Å²) in [4.78, 5) is 37.2. The number of rotatable bonds is 5. The van der Waals surface area contributed by atoms with Crippen LogP contribution in [-0.2, 0) is 4.74 Å². The molecule has 0 amide bonds. The number of carbonyl (C=O) groups is 2. The van der Waals surface area contributed by atoms with Crippen LogP contribution >= 0.6 is 0 Å². The van der Waals surface area contributed by atoms with Crippen molar-refractivity contribution in [1.82, 2.24) is 10.5 Å². The fourth-order valence-corrected chi connectivity index (χ4v) is 3.21. The van der Waals surface area contributed by atoms with Gasteiger partial charge in [-0.15, -0.1) is 0 Å². The first-order chi connectivity index (χ1) is 14.1. The minimum absolute atomic E-state index is 0.118. The Kier molecular flexibility index (Phi) is 5.05. The first-order valence-electron chi connectivity index (χ1n) is 9.09. The second kappa shape index (κ2) is 7.80. The van der Waals surface area contributed by atoms with E-state index in [0.717, 1.165) is 18.9 Å². The van der Waals surface area contributed by atoms with Gasteiger partial charge >= 0.3 is 0 Å². The lowest BCUT2D eigenvalue weighted by Gasteiger charge is -2.28. The van der Waals surface area contributed by atoms with Crippen LogP contribution in [0, 0.1) is 0 Å². The van der Waals surface area contributed by atoms with Crippen molar-refractivity contribution in [3.8, 4) is 11.6 Å². The molecule has 2 aliphatic rings. The number of pyridine rings is 1. The minimum atomic E-state index is -0.431. The zero-order valence-electron chi connectivity index (χ0n) is 15.8. The third kappa shape index (κ3) is 3.47. The molecule has 0 bridgehead atoms. The first-order valence-corrected chi connectivity index (χ1v) is 9.09. The van der Waals surface area contributed by atoms with E-state index in [1.165, 1.54) is 7.11 Å². The molecule has 150 valence electrons. The highest BCUT2D eigenvalue weighted by atomic mass is 16.7. The fourth-order valence-electron chi connectivity index (χ4n) is 3.21. The van der Waals surface area contributed by atoms with Gasteiger partial charge in [-0.25, -0.2) is 5.48 Å². The average Bonchev–Trinajstić information content (AvgIpc) is 2.78. The van der Waals surface area contributed by atoms with Gasteiger partial charge in [-0.1, -0.05) is 24.3 Å².